The lowest BCUT2D eigenvalue weighted by molar-refractivity contribution is -0.131. The summed E-state index contributed by atoms with van der Waals surface area (Å²) in [7, 11) is 0. The summed E-state index contributed by atoms with van der Waals surface area (Å²) in [6, 6.07) is 3.99. The summed E-state index contributed by atoms with van der Waals surface area (Å²) in [6.45, 7) is 8.15. The average Bonchev–Trinajstić information content (AvgIpc) is 2.37. The second-order valence-electron chi connectivity index (χ2n) is 5.37. The molecule has 2 saturated heterocycles. The highest BCUT2D eigenvalue weighted by atomic mass is 16.5. The molecule has 3 rings (SSSR count). The Kier molecular flexibility index (Phi) is 2.87. The van der Waals surface area contributed by atoms with Crippen LogP contribution < -0.4 is 10.6 Å². The second-order valence-corrected chi connectivity index (χ2v) is 5.37. The first-order valence-corrected chi connectivity index (χ1v) is 6.47. The molecule has 2 N–H and O–H groups in total. The fraction of sp³-hybridized carbons (Fsp3) is 0.615. The highest BCUT2D eigenvalue weighted by Gasteiger charge is 2.40. The van der Waals surface area contributed by atoms with Crippen LogP contribution in [-0.2, 0) is 4.74 Å². The van der Waals surface area contributed by atoms with Crippen molar-refractivity contribution in [2.45, 2.75) is 12.5 Å². The third kappa shape index (κ3) is 1.93. The van der Waals surface area contributed by atoms with Gasteiger partial charge in [0.25, 0.3) is 0 Å². The molecule has 18 heavy (non-hydrogen) atoms. The second kappa shape index (κ2) is 4.40. The molecule has 0 atom stereocenters. The predicted molar refractivity (Wildman–Crippen MR) is 71.7 cm³/mol. The van der Waals surface area contributed by atoms with E-state index in [-0.39, 0.29) is 5.54 Å². The van der Waals surface area contributed by atoms with Gasteiger partial charge < -0.3 is 15.4 Å². The fourth-order valence-electron chi connectivity index (χ4n) is 2.74. The first-order chi connectivity index (χ1) is 8.69. The van der Waals surface area contributed by atoms with Crippen molar-refractivity contribution in [2.75, 3.05) is 50.0 Å². The van der Waals surface area contributed by atoms with Gasteiger partial charge in [-0.05, 0) is 19.1 Å². The van der Waals surface area contributed by atoms with Crippen molar-refractivity contribution in [3.8, 4) is 0 Å². The normalized spacial score (nSPS) is 23.7. The zero-order valence-corrected chi connectivity index (χ0v) is 10.8. The van der Waals surface area contributed by atoms with Crippen LogP contribution in [-0.4, -0.2) is 54.8 Å². The van der Waals surface area contributed by atoms with Crippen LogP contribution >= 0.6 is 0 Å². The minimum atomic E-state index is 0.257. The molecular weight excluding hydrogens is 228 g/mol. The summed E-state index contributed by atoms with van der Waals surface area (Å²) in [5.41, 5.74) is 7.24. The number of nitrogen functional groups attached to an aromatic ring is 1. The third-order valence-corrected chi connectivity index (χ3v) is 4.03. The number of nitrogens with two attached hydrogens (primary N) is 1. The summed E-state index contributed by atoms with van der Waals surface area (Å²) >= 11 is 0. The highest BCUT2D eigenvalue weighted by molar-refractivity contribution is 5.63. The van der Waals surface area contributed by atoms with Gasteiger partial charge >= 0.3 is 0 Å². The fourth-order valence-corrected chi connectivity index (χ4v) is 2.74. The highest BCUT2D eigenvalue weighted by Crippen LogP contribution is 2.28. The lowest BCUT2D eigenvalue weighted by Crippen LogP contribution is -2.64. The number of piperazine rings is 1. The van der Waals surface area contributed by atoms with Crippen LogP contribution in [0.2, 0.25) is 0 Å². The van der Waals surface area contributed by atoms with Crippen LogP contribution in [0.3, 0.4) is 0 Å². The number of nitrogens with zero attached hydrogens (tertiary/aromatic N) is 3. The Labute approximate surface area is 108 Å². The molecule has 5 nitrogen and oxygen atoms in total. The van der Waals surface area contributed by atoms with Crippen molar-refractivity contribution < 1.29 is 4.74 Å². The van der Waals surface area contributed by atoms with Crippen LogP contribution in [0, 0.1) is 0 Å². The molecule has 0 spiro atoms. The van der Waals surface area contributed by atoms with Gasteiger partial charge in [0.05, 0.1) is 24.4 Å². The third-order valence-electron chi connectivity index (χ3n) is 4.03. The molecule has 0 radical (unpaired) electrons. The van der Waals surface area contributed by atoms with Crippen molar-refractivity contribution in [3.63, 3.8) is 0 Å². The van der Waals surface area contributed by atoms with Gasteiger partial charge in [-0.1, -0.05) is 0 Å². The van der Waals surface area contributed by atoms with Crippen LogP contribution in [0.5, 0.6) is 0 Å². The molecule has 0 aromatic carbocycles. The molecule has 0 unspecified atom stereocenters. The Balaban J connectivity index is 1.65. The predicted octanol–water partition coefficient (Wildman–Crippen LogP) is 0.575. The van der Waals surface area contributed by atoms with E-state index in [1.54, 1.807) is 6.20 Å². The quantitative estimate of drug-likeness (QED) is 0.829. The Morgan fingerprint density at radius 2 is 2.00 bits per heavy atom. The molecule has 0 amide bonds. The molecule has 1 aromatic heterocycles. The number of ether oxygens (including phenoxy) is 1. The van der Waals surface area contributed by atoms with E-state index in [1.807, 2.05) is 12.1 Å². The molecule has 5 heteroatoms. The number of anilines is 2. The molecular formula is C13H20N4O. The number of aromatic nitrogens is 1. The first kappa shape index (κ1) is 11.7. The molecule has 2 fully saturated rings. The summed E-state index contributed by atoms with van der Waals surface area (Å²) in [6.07, 6.45) is 1.74. The lowest BCUT2D eigenvalue weighted by atomic mass is 9.97. The van der Waals surface area contributed by atoms with Gasteiger partial charge in [0.1, 0.15) is 5.82 Å². The smallest absolute Gasteiger partial charge is 0.146 e. The van der Waals surface area contributed by atoms with E-state index in [1.165, 1.54) is 0 Å². The van der Waals surface area contributed by atoms with Crippen LogP contribution in [0.4, 0.5) is 11.5 Å². The van der Waals surface area contributed by atoms with E-state index in [0.717, 1.165) is 45.1 Å². The van der Waals surface area contributed by atoms with Gasteiger partial charge in [0, 0.05) is 32.4 Å². The van der Waals surface area contributed by atoms with E-state index in [9.17, 15) is 0 Å². The van der Waals surface area contributed by atoms with Crippen molar-refractivity contribution >= 4 is 11.5 Å². The summed E-state index contributed by atoms with van der Waals surface area (Å²) in [5, 5.41) is 0. The molecule has 2 aliphatic heterocycles. The lowest BCUT2D eigenvalue weighted by Gasteiger charge is -2.50. The topological polar surface area (TPSA) is 54.6 Å². The van der Waals surface area contributed by atoms with E-state index in [2.05, 4.69) is 21.7 Å². The number of rotatable bonds is 2. The molecule has 0 aliphatic carbocycles. The number of hydrogen-bond donors (Lipinski definition) is 1. The molecule has 0 saturated carbocycles. The van der Waals surface area contributed by atoms with E-state index in [0.29, 0.717) is 5.82 Å². The van der Waals surface area contributed by atoms with Crippen molar-refractivity contribution in [2.24, 2.45) is 0 Å². The van der Waals surface area contributed by atoms with E-state index < -0.39 is 0 Å². The van der Waals surface area contributed by atoms with Crippen LogP contribution in [0.25, 0.3) is 0 Å². The van der Waals surface area contributed by atoms with Crippen LogP contribution in [0.1, 0.15) is 6.92 Å². The monoisotopic (exact) mass is 248 g/mol. The van der Waals surface area contributed by atoms with E-state index >= 15 is 0 Å². The average molecular weight is 248 g/mol. The number of hydrogen-bond acceptors (Lipinski definition) is 5. The van der Waals surface area contributed by atoms with Crippen molar-refractivity contribution in [3.05, 3.63) is 18.3 Å². The summed E-state index contributed by atoms with van der Waals surface area (Å²) in [4.78, 5) is 9.00. The Morgan fingerprint density at radius 1 is 1.28 bits per heavy atom. The maximum atomic E-state index is 5.92. The minimum absolute atomic E-state index is 0.257. The SMILES string of the molecule is CC1(N2CCN(c3cccnc3N)CC2)COC1. The molecule has 98 valence electrons. The zero-order valence-electron chi connectivity index (χ0n) is 10.8. The standard InChI is InChI=1S/C13H20N4O/c1-13(9-18-10-13)17-7-5-16(6-8-17)11-3-2-4-15-12(11)14/h2-4H,5-10H2,1H3,(H2,14,15). The maximum Gasteiger partial charge on any atom is 0.146 e. The van der Waals surface area contributed by atoms with E-state index in [4.69, 9.17) is 10.5 Å². The molecule has 2 aliphatic rings. The largest absolute Gasteiger partial charge is 0.382 e. The van der Waals surface area contributed by atoms with Gasteiger partial charge in [-0.2, -0.15) is 0 Å². The van der Waals surface area contributed by atoms with Gasteiger partial charge in [-0.3, -0.25) is 4.90 Å². The van der Waals surface area contributed by atoms with Crippen molar-refractivity contribution in [1.82, 2.24) is 9.88 Å². The van der Waals surface area contributed by atoms with Gasteiger partial charge in [0.15, 0.2) is 0 Å². The molecule has 1 aromatic rings. The van der Waals surface area contributed by atoms with Crippen molar-refractivity contribution in [1.29, 1.82) is 0 Å². The Morgan fingerprint density at radius 3 is 2.56 bits per heavy atom. The summed E-state index contributed by atoms with van der Waals surface area (Å²) < 4.78 is 5.34. The molecule has 0 bridgehead atoms. The Hall–Kier alpha value is -1.33. The minimum Gasteiger partial charge on any atom is -0.382 e. The van der Waals surface area contributed by atoms with Gasteiger partial charge in [-0.15, -0.1) is 0 Å². The number of pyridine rings is 1. The van der Waals surface area contributed by atoms with Gasteiger partial charge in [-0.25, -0.2) is 4.98 Å². The zero-order chi connectivity index (χ0) is 12.6. The Bertz CT molecular complexity index is 425. The summed E-state index contributed by atoms with van der Waals surface area (Å²) in [5.74, 6) is 0.629. The first-order valence-electron chi connectivity index (χ1n) is 6.47. The molecule has 3 heterocycles. The maximum absolute atomic E-state index is 5.92. The van der Waals surface area contributed by atoms with Crippen LogP contribution in [0.15, 0.2) is 18.3 Å². The van der Waals surface area contributed by atoms with Gasteiger partial charge in [0.2, 0.25) is 0 Å².